The minimum absolute atomic E-state index is 0.141. The van der Waals surface area contributed by atoms with Crippen molar-refractivity contribution in [3.63, 3.8) is 0 Å². The van der Waals surface area contributed by atoms with E-state index in [2.05, 4.69) is 11.1 Å². The molecule has 13 heteroatoms. The van der Waals surface area contributed by atoms with Gasteiger partial charge in [0.1, 0.15) is 36.4 Å². The average Bonchev–Trinajstić information content (AvgIpc) is 3.71. The number of rotatable bonds is 9. The number of aliphatic hydroxyl groups excluding tert-OH is 4. The number of carbonyl (C=O) groups is 1. The molecule has 1 fully saturated rings. The summed E-state index contributed by atoms with van der Waals surface area (Å²) in [7, 11) is 4.63. The number of ether oxygens (including phenoxy) is 6. The smallest absolute Gasteiger partial charge is 0.331 e. The summed E-state index contributed by atoms with van der Waals surface area (Å²) in [6.45, 7) is 13.0. The molecule has 0 saturated carbocycles. The molecule has 0 aliphatic carbocycles. The first-order chi connectivity index (χ1) is 29.6. The van der Waals surface area contributed by atoms with E-state index >= 15 is 0 Å². The third-order valence-corrected chi connectivity index (χ3v) is 11.1. The average molecular weight is 866 g/mol. The van der Waals surface area contributed by atoms with Gasteiger partial charge >= 0.3 is 5.97 Å². The zero-order valence-corrected chi connectivity index (χ0v) is 38.0. The predicted molar refractivity (Wildman–Crippen MR) is 240 cm³/mol. The molecule has 10 unspecified atom stereocenters. The van der Waals surface area contributed by atoms with Gasteiger partial charge in [-0.1, -0.05) is 124 Å². The van der Waals surface area contributed by atoms with Gasteiger partial charge in [-0.2, -0.15) is 0 Å². The van der Waals surface area contributed by atoms with Crippen LogP contribution in [0.15, 0.2) is 113 Å². The van der Waals surface area contributed by atoms with Gasteiger partial charge in [-0.15, -0.1) is 0 Å². The number of carbonyl (C=O) groups excluding carboxylic acids is 1. The maximum Gasteiger partial charge on any atom is 0.331 e. The largest absolute Gasteiger partial charge is 0.458 e. The number of nitrogens with zero attached hydrogens (tertiary/aromatic N) is 1. The lowest BCUT2D eigenvalue weighted by Crippen LogP contribution is -2.59. The molecule has 0 radical (unpaired) electrons. The Morgan fingerprint density at radius 1 is 0.790 bits per heavy atom. The van der Waals surface area contributed by atoms with Gasteiger partial charge in [-0.25, -0.2) is 9.78 Å². The number of oxazole rings is 1. The molecule has 0 aromatic carbocycles. The predicted octanol–water partition coefficient (Wildman–Crippen LogP) is 6.88. The second-order valence-corrected chi connectivity index (χ2v) is 16.2. The standard InChI is InChI=1S/C49H71NO12/c1-31-21-15-11-14-18-26-43(54)62-45(35(5)40(53)28-34(4)51)32(2)22-16-12-13-17-24-39(52)29-42(56-8)36(6)48-50-38(30-59-48)23-19-20-25-41(33(3)27-31)61-49-47(58-10)46(57-9)44(55)37(7)60-49/h11-27,30,32-37,39-42,44-47,49,51-53,55H,28-29H2,1-10H3/t32?,33?,34?,35?,36?,37-,39?,40?,41?,42?,44-,45?,46+,47-,49-/m1/s1. The van der Waals surface area contributed by atoms with Crippen molar-refractivity contribution in [2.75, 3.05) is 21.3 Å². The number of aliphatic hydroxyl groups is 4. The molecule has 0 spiro atoms. The summed E-state index contributed by atoms with van der Waals surface area (Å²) in [5, 5.41) is 42.3. The van der Waals surface area contributed by atoms with E-state index in [0.717, 1.165) is 5.57 Å². The highest BCUT2D eigenvalue weighted by Crippen LogP contribution is 2.30. The fraction of sp³-hybridized carbons (Fsp3) is 0.551. The van der Waals surface area contributed by atoms with Crippen LogP contribution in [0.2, 0.25) is 0 Å². The third-order valence-electron chi connectivity index (χ3n) is 11.1. The van der Waals surface area contributed by atoms with Gasteiger partial charge in [-0.3, -0.25) is 0 Å². The molecule has 62 heavy (non-hydrogen) atoms. The fourth-order valence-electron chi connectivity index (χ4n) is 7.36. The van der Waals surface area contributed by atoms with Crippen molar-refractivity contribution >= 4 is 12.0 Å². The van der Waals surface area contributed by atoms with Gasteiger partial charge in [0.25, 0.3) is 0 Å². The Morgan fingerprint density at radius 2 is 1.42 bits per heavy atom. The van der Waals surface area contributed by atoms with Crippen molar-refractivity contribution in [3.05, 3.63) is 121 Å². The van der Waals surface area contributed by atoms with Crippen LogP contribution in [0, 0.1) is 17.8 Å². The van der Waals surface area contributed by atoms with E-state index in [4.69, 9.17) is 32.8 Å². The molecule has 13 nitrogen and oxygen atoms in total. The van der Waals surface area contributed by atoms with Gasteiger partial charge in [0.05, 0.1) is 42.5 Å². The minimum Gasteiger partial charge on any atom is -0.458 e. The molecule has 344 valence electrons. The van der Waals surface area contributed by atoms with E-state index in [9.17, 15) is 25.2 Å². The molecular formula is C49H71NO12. The Morgan fingerprint density at radius 3 is 2.08 bits per heavy atom. The van der Waals surface area contributed by atoms with Crippen LogP contribution in [0.3, 0.4) is 0 Å². The van der Waals surface area contributed by atoms with E-state index in [1.54, 1.807) is 76.7 Å². The Labute approximate surface area is 368 Å². The molecule has 15 atom stereocenters. The number of esters is 1. The van der Waals surface area contributed by atoms with Crippen LogP contribution in [0.25, 0.3) is 6.08 Å². The molecule has 4 N–H and O–H groups in total. The molecule has 0 amide bonds. The summed E-state index contributed by atoms with van der Waals surface area (Å²) in [6, 6.07) is 0. The van der Waals surface area contributed by atoms with E-state index in [0.29, 0.717) is 18.0 Å². The first kappa shape index (κ1) is 52.3. The van der Waals surface area contributed by atoms with Crippen LogP contribution in [0.4, 0.5) is 0 Å². The number of methoxy groups -OCH3 is 3. The second kappa shape index (κ2) is 27.2. The molecule has 1 aromatic rings. The molecule has 1 saturated heterocycles. The van der Waals surface area contributed by atoms with Gasteiger partial charge in [0.15, 0.2) is 12.2 Å². The lowest BCUT2D eigenvalue weighted by Gasteiger charge is -2.43. The number of hydrogen-bond acceptors (Lipinski definition) is 13. The quantitative estimate of drug-likeness (QED) is 0.189. The molecule has 3 heterocycles. The van der Waals surface area contributed by atoms with E-state index in [-0.39, 0.29) is 30.3 Å². The summed E-state index contributed by atoms with van der Waals surface area (Å²) in [6.07, 6.45) is 24.8. The molecule has 2 aliphatic rings. The SMILES string of the molecule is COC1CC(O)C=CC=CC=CC(C)C(C(C)C(O)CC(C)O)OC(=O)C=CC=CC=CC(C)=CC(C)C(O[C@H]2O[C@H](C)[C@@H](O)[C@H](OC)[C@H]2OC)C=CC=Cc2coc(n2)C1C. The van der Waals surface area contributed by atoms with Crippen molar-refractivity contribution in [1.29, 1.82) is 0 Å². The van der Waals surface area contributed by atoms with Crippen molar-refractivity contribution in [2.24, 2.45) is 17.8 Å². The Hall–Kier alpha value is -4.02. The number of cyclic esters (lactones) is 1. The summed E-state index contributed by atoms with van der Waals surface area (Å²) >= 11 is 0. The topological polar surface area (TPSA) is 179 Å². The molecule has 2 aliphatic heterocycles. The highest BCUT2D eigenvalue weighted by molar-refractivity contribution is 5.82. The molecule has 3 rings (SSSR count). The van der Waals surface area contributed by atoms with Crippen LogP contribution in [-0.2, 0) is 33.2 Å². The molecule has 2 bridgehead atoms. The molecular weight excluding hydrogens is 795 g/mol. The van der Waals surface area contributed by atoms with Crippen LogP contribution >= 0.6 is 0 Å². The lowest BCUT2D eigenvalue weighted by molar-refractivity contribution is -0.310. The first-order valence-corrected chi connectivity index (χ1v) is 21.4. The van der Waals surface area contributed by atoms with Crippen LogP contribution in [0.5, 0.6) is 0 Å². The number of allylic oxidation sites excluding steroid dienone is 12. The summed E-state index contributed by atoms with van der Waals surface area (Å²) in [4.78, 5) is 17.7. The maximum absolute atomic E-state index is 13.0. The highest BCUT2D eigenvalue weighted by Gasteiger charge is 2.46. The number of hydrogen-bond donors (Lipinski definition) is 4. The Bertz CT molecular complexity index is 1750. The van der Waals surface area contributed by atoms with Gasteiger partial charge < -0.3 is 53.3 Å². The monoisotopic (exact) mass is 865 g/mol. The fourth-order valence-corrected chi connectivity index (χ4v) is 7.36. The molecule has 1 aromatic heterocycles. The number of aromatic nitrogens is 1. The maximum atomic E-state index is 13.0. The second-order valence-electron chi connectivity index (χ2n) is 16.2. The van der Waals surface area contributed by atoms with Crippen molar-refractivity contribution < 1.29 is 58.1 Å². The van der Waals surface area contributed by atoms with E-state index < -0.39 is 73.1 Å². The summed E-state index contributed by atoms with van der Waals surface area (Å²) < 4.78 is 41.4. The Balaban J connectivity index is 1.96. The minimum atomic E-state index is -0.903. The van der Waals surface area contributed by atoms with Crippen molar-refractivity contribution in [2.45, 2.75) is 135 Å². The van der Waals surface area contributed by atoms with Gasteiger partial charge in [-0.05, 0) is 33.3 Å². The third kappa shape index (κ3) is 16.9. The van der Waals surface area contributed by atoms with Gasteiger partial charge in [0, 0.05) is 51.6 Å². The van der Waals surface area contributed by atoms with Crippen molar-refractivity contribution in [1.82, 2.24) is 4.98 Å². The van der Waals surface area contributed by atoms with Gasteiger partial charge in [0.2, 0.25) is 0 Å². The first-order valence-electron chi connectivity index (χ1n) is 21.4. The van der Waals surface area contributed by atoms with Crippen molar-refractivity contribution in [3.8, 4) is 0 Å². The zero-order chi connectivity index (χ0) is 45.8. The normalized spacial score (nSPS) is 32.7. The van der Waals surface area contributed by atoms with Crippen LogP contribution in [0.1, 0.15) is 78.8 Å². The lowest BCUT2D eigenvalue weighted by atomic mass is 9.86. The zero-order valence-electron chi connectivity index (χ0n) is 38.0. The Kier molecular flexibility index (Phi) is 23.0. The highest BCUT2D eigenvalue weighted by atomic mass is 16.7. The van der Waals surface area contributed by atoms with E-state index in [1.165, 1.54) is 20.3 Å². The van der Waals surface area contributed by atoms with Crippen LogP contribution < -0.4 is 0 Å². The van der Waals surface area contributed by atoms with E-state index in [1.807, 2.05) is 76.3 Å². The summed E-state index contributed by atoms with van der Waals surface area (Å²) in [5.74, 6) is -1.26. The summed E-state index contributed by atoms with van der Waals surface area (Å²) in [5.41, 5.74) is 1.56. The van der Waals surface area contributed by atoms with Crippen LogP contribution in [-0.4, -0.2) is 120 Å². The number of fused-ring (bicyclic) bond motifs is 2.